The van der Waals surface area contributed by atoms with Crippen LogP contribution in [-0.2, 0) is 0 Å². The Morgan fingerprint density at radius 3 is 3.00 bits per heavy atom. The Hall–Kier alpha value is -2.75. The van der Waals surface area contributed by atoms with Crippen LogP contribution in [0.1, 0.15) is 5.56 Å². The average molecular weight is 248 g/mol. The molecule has 4 heteroatoms. The zero-order chi connectivity index (χ0) is 12.7. The molecule has 2 aromatic heterocycles. The molecule has 0 unspecified atom stereocenters. The topological polar surface area (TPSA) is 56.5 Å². The molecule has 1 aliphatic heterocycles. The molecular formula is C15H12N4. The number of H-pyrrole nitrogens is 2. The fourth-order valence-electron chi connectivity index (χ4n) is 2.41. The van der Waals surface area contributed by atoms with E-state index >= 15 is 0 Å². The molecule has 1 aromatic carbocycles. The third-order valence-corrected chi connectivity index (χ3v) is 3.30. The molecule has 4 nitrogen and oxygen atoms in total. The summed E-state index contributed by atoms with van der Waals surface area (Å²) in [6.07, 6.45) is 11.6. The molecule has 0 atom stereocenters. The lowest BCUT2D eigenvalue weighted by Crippen LogP contribution is -1.90. The predicted molar refractivity (Wildman–Crippen MR) is 77.7 cm³/mol. The van der Waals surface area contributed by atoms with E-state index in [1.54, 1.807) is 6.20 Å². The standard InChI is InChI=1S/C15H12N4/c1-2-6-16-12-5-4-10-9-13(15-17-7-8-18-15)19-14(10)11(12)3-1/h1-9,16,19H,(H,17,18). The van der Waals surface area contributed by atoms with E-state index in [0.29, 0.717) is 0 Å². The van der Waals surface area contributed by atoms with Crippen LogP contribution >= 0.6 is 0 Å². The summed E-state index contributed by atoms with van der Waals surface area (Å²) in [4.78, 5) is 10.8. The summed E-state index contributed by atoms with van der Waals surface area (Å²) in [7, 11) is 0. The van der Waals surface area contributed by atoms with Gasteiger partial charge < -0.3 is 15.3 Å². The van der Waals surface area contributed by atoms with Crippen molar-refractivity contribution in [2.75, 3.05) is 5.32 Å². The number of fused-ring (bicyclic) bond motifs is 3. The van der Waals surface area contributed by atoms with Crippen molar-refractivity contribution in [2.45, 2.75) is 0 Å². The Morgan fingerprint density at radius 1 is 1.11 bits per heavy atom. The highest BCUT2D eigenvalue weighted by Crippen LogP contribution is 2.31. The summed E-state index contributed by atoms with van der Waals surface area (Å²) < 4.78 is 0. The zero-order valence-corrected chi connectivity index (χ0v) is 10.1. The molecule has 0 saturated carbocycles. The van der Waals surface area contributed by atoms with Crippen LogP contribution in [0.25, 0.3) is 28.5 Å². The van der Waals surface area contributed by atoms with Gasteiger partial charge in [0.05, 0.1) is 11.2 Å². The van der Waals surface area contributed by atoms with E-state index in [4.69, 9.17) is 0 Å². The highest BCUT2D eigenvalue weighted by Gasteiger charge is 2.10. The second kappa shape index (κ2) is 3.88. The number of nitrogens with one attached hydrogen (secondary N) is 3. The minimum Gasteiger partial charge on any atom is -0.361 e. The lowest BCUT2D eigenvalue weighted by molar-refractivity contribution is 1.27. The van der Waals surface area contributed by atoms with Crippen LogP contribution in [0.4, 0.5) is 5.69 Å². The fourth-order valence-corrected chi connectivity index (χ4v) is 2.41. The quantitative estimate of drug-likeness (QED) is 0.617. The molecule has 0 amide bonds. The highest BCUT2D eigenvalue weighted by molar-refractivity contribution is 5.96. The molecule has 4 rings (SSSR count). The highest BCUT2D eigenvalue weighted by atomic mass is 14.9. The normalized spacial score (nSPS) is 13.3. The van der Waals surface area contributed by atoms with Crippen molar-refractivity contribution in [1.29, 1.82) is 0 Å². The maximum atomic E-state index is 4.28. The summed E-state index contributed by atoms with van der Waals surface area (Å²) in [5, 5.41) is 4.45. The van der Waals surface area contributed by atoms with E-state index in [9.17, 15) is 0 Å². The number of hydrogen-bond acceptors (Lipinski definition) is 2. The molecule has 3 N–H and O–H groups in total. The van der Waals surface area contributed by atoms with Gasteiger partial charge in [0.2, 0.25) is 0 Å². The number of nitrogens with zero attached hydrogens (tertiary/aromatic N) is 1. The van der Waals surface area contributed by atoms with Crippen LogP contribution in [0.5, 0.6) is 0 Å². The smallest absolute Gasteiger partial charge is 0.153 e. The lowest BCUT2D eigenvalue weighted by Gasteiger charge is -2.05. The van der Waals surface area contributed by atoms with Crippen LogP contribution in [0.3, 0.4) is 0 Å². The first-order valence-electron chi connectivity index (χ1n) is 6.17. The SMILES string of the molecule is C1=CNc2ccc3cc(-c4ncc[nH]4)[nH]c3c2C=C1. The van der Waals surface area contributed by atoms with Crippen LogP contribution in [0, 0.1) is 0 Å². The summed E-state index contributed by atoms with van der Waals surface area (Å²) in [5.41, 5.74) is 4.39. The second-order valence-electron chi connectivity index (χ2n) is 4.47. The minimum atomic E-state index is 0.855. The summed E-state index contributed by atoms with van der Waals surface area (Å²) >= 11 is 0. The number of hydrogen-bond donors (Lipinski definition) is 3. The van der Waals surface area contributed by atoms with Gasteiger partial charge in [-0.3, -0.25) is 0 Å². The van der Waals surface area contributed by atoms with Gasteiger partial charge in [0.1, 0.15) is 0 Å². The Kier molecular flexibility index (Phi) is 2.08. The number of anilines is 1. The zero-order valence-electron chi connectivity index (χ0n) is 10.1. The third kappa shape index (κ3) is 1.57. The maximum Gasteiger partial charge on any atom is 0.153 e. The molecule has 0 spiro atoms. The van der Waals surface area contributed by atoms with Gasteiger partial charge in [0, 0.05) is 35.2 Å². The third-order valence-electron chi connectivity index (χ3n) is 3.30. The van der Waals surface area contributed by atoms with Crippen molar-refractivity contribution in [2.24, 2.45) is 0 Å². The average Bonchev–Trinajstić information content (AvgIpc) is 3.03. The fraction of sp³-hybridized carbons (Fsp3) is 0. The van der Waals surface area contributed by atoms with E-state index in [2.05, 4.69) is 44.5 Å². The minimum absolute atomic E-state index is 0.855. The van der Waals surface area contributed by atoms with Crippen molar-refractivity contribution in [1.82, 2.24) is 15.0 Å². The Morgan fingerprint density at radius 2 is 2.11 bits per heavy atom. The predicted octanol–water partition coefficient (Wildman–Crippen LogP) is 3.51. The molecular weight excluding hydrogens is 236 g/mol. The molecule has 0 aliphatic carbocycles. The number of allylic oxidation sites excluding steroid dienone is 2. The molecule has 3 heterocycles. The van der Waals surface area contributed by atoms with E-state index in [0.717, 1.165) is 22.7 Å². The number of aromatic amines is 2. The van der Waals surface area contributed by atoms with E-state index in [-0.39, 0.29) is 0 Å². The number of rotatable bonds is 1. The molecule has 0 bridgehead atoms. The van der Waals surface area contributed by atoms with Crippen LogP contribution < -0.4 is 5.32 Å². The van der Waals surface area contributed by atoms with E-state index in [1.165, 1.54) is 10.9 Å². The molecule has 92 valence electrons. The summed E-state index contributed by atoms with van der Waals surface area (Å²) in [5.74, 6) is 0.855. The van der Waals surface area contributed by atoms with Gasteiger partial charge >= 0.3 is 0 Å². The van der Waals surface area contributed by atoms with Gasteiger partial charge in [0.15, 0.2) is 5.82 Å². The number of imidazole rings is 1. The molecule has 0 radical (unpaired) electrons. The van der Waals surface area contributed by atoms with Crippen LogP contribution in [0.2, 0.25) is 0 Å². The lowest BCUT2D eigenvalue weighted by atomic mass is 10.1. The molecule has 1 aliphatic rings. The first-order valence-corrected chi connectivity index (χ1v) is 6.17. The van der Waals surface area contributed by atoms with Gasteiger partial charge in [-0.2, -0.15) is 0 Å². The van der Waals surface area contributed by atoms with Crippen molar-refractivity contribution in [3.8, 4) is 11.5 Å². The van der Waals surface area contributed by atoms with Crippen LogP contribution in [-0.4, -0.2) is 15.0 Å². The van der Waals surface area contributed by atoms with Gasteiger partial charge in [-0.25, -0.2) is 4.98 Å². The van der Waals surface area contributed by atoms with Gasteiger partial charge in [-0.1, -0.05) is 18.2 Å². The van der Waals surface area contributed by atoms with Crippen molar-refractivity contribution >= 4 is 22.7 Å². The molecule has 19 heavy (non-hydrogen) atoms. The van der Waals surface area contributed by atoms with Crippen molar-refractivity contribution in [3.63, 3.8) is 0 Å². The van der Waals surface area contributed by atoms with Crippen molar-refractivity contribution < 1.29 is 0 Å². The molecule has 0 saturated heterocycles. The number of benzene rings is 1. The second-order valence-corrected chi connectivity index (χ2v) is 4.47. The maximum absolute atomic E-state index is 4.28. The van der Waals surface area contributed by atoms with Gasteiger partial charge in [-0.05, 0) is 18.2 Å². The van der Waals surface area contributed by atoms with E-state index < -0.39 is 0 Å². The van der Waals surface area contributed by atoms with Crippen molar-refractivity contribution in [3.05, 3.63) is 54.5 Å². The largest absolute Gasteiger partial charge is 0.361 e. The Bertz CT molecular complexity index is 791. The first kappa shape index (κ1) is 10.2. The van der Waals surface area contributed by atoms with Gasteiger partial charge in [-0.15, -0.1) is 0 Å². The summed E-state index contributed by atoms with van der Waals surface area (Å²) in [6.45, 7) is 0. The molecule has 0 fully saturated rings. The Balaban J connectivity index is 1.97. The number of aromatic nitrogens is 3. The monoisotopic (exact) mass is 248 g/mol. The first-order chi connectivity index (χ1) is 9.42. The van der Waals surface area contributed by atoms with Gasteiger partial charge in [0.25, 0.3) is 0 Å². The summed E-state index contributed by atoms with van der Waals surface area (Å²) in [6, 6.07) is 6.31. The van der Waals surface area contributed by atoms with Crippen LogP contribution in [0.15, 0.2) is 48.9 Å². The Labute approximate surface area is 109 Å². The van der Waals surface area contributed by atoms with E-state index in [1.807, 2.05) is 24.5 Å². The molecule has 3 aromatic rings.